The number of nitrogens with zero attached hydrogens (tertiary/aromatic N) is 2. The highest BCUT2D eigenvalue weighted by Crippen LogP contribution is 2.34. The van der Waals surface area contributed by atoms with Gasteiger partial charge in [-0.15, -0.1) is 0 Å². The van der Waals surface area contributed by atoms with Gasteiger partial charge in [0.15, 0.2) is 0 Å². The zero-order valence-corrected chi connectivity index (χ0v) is 15.5. The molecule has 1 aromatic carbocycles. The fourth-order valence-electron chi connectivity index (χ4n) is 3.30. The van der Waals surface area contributed by atoms with Gasteiger partial charge in [-0.3, -0.25) is 9.80 Å². The van der Waals surface area contributed by atoms with Gasteiger partial charge >= 0.3 is 5.97 Å². The van der Waals surface area contributed by atoms with Crippen molar-refractivity contribution in [2.24, 2.45) is 22.9 Å². The first-order valence-corrected chi connectivity index (χ1v) is 9.02. The van der Waals surface area contributed by atoms with Gasteiger partial charge in [0.05, 0.1) is 24.0 Å². The van der Waals surface area contributed by atoms with Crippen molar-refractivity contribution in [3.8, 4) is 0 Å². The van der Waals surface area contributed by atoms with Gasteiger partial charge in [0, 0.05) is 0 Å². The Hall–Kier alpha value is -1.84. The summed E-state index contributed by atoms with van der Waals surface area (Å²) in [5, 5.41) is 6.91. The fourth-order valence-corrected chi connectivity index (χ4v) is 3.30. The predicted molar refractivity (Wildman–Crippen MR) is 99.2 cm³/mol. The third kappa shape index (κ3) is 4.37. The van der Waals surface area contributed by atoms with Crippen molar-refractivity contribution in [1.29, 1.82) is 0 Å². The van der Waals surface area contributed by atoms with Gasteiger partial charge in [-0.1, -0.05) is 45.9 Å². The zero-order valence-electron chi connectivity index (χ0n) is 15.5. The Balaban J connectivity index is 2.40. The number of hydrogen-bond acceptors (Lipinski definition) is 4. The van der Waals surface area contributed by atoms with Crippen LogP contribution in [0.4, 0.5) is 5.69 Å². The summed E-state index contributed by atoms with van der Waals surface area (Å²) < 4.78 is 5.39. The Kier molecular flexibility index (Phi) is 6.41. The van der Waals surface area contributed by atoms with E-state index in [1.54, 1.807) is 0 Å². The van der Waals surface area contributed by atoms with Crippen LogP contribution in [0.3, 0.4) is 0 Å². The van der Waals surface area contributed by atoms with Crippen molar-refractivity contribution in [2.45, 2.75) is 53.5 Å². The average Bonchev–Trinajstić information content (AvgIpc) is 2.85. The van der Waals surface area contributed by atoms with E-state index in [4.69, 9.17) is 9.84 Å². The van der Waals surface area contributed by atoms with Crippen LogP contribution in [0.5, 0.6) is 0 Å². The molecule has 0 fully saturated rings. The van der Waals surface area contributed by atoms with Crippen LogP contribution < -0.4 is 5.01 Å². The number of anilines is 1. The van der Waals surface area contributed by atoms with E-state index in [-0.39, 0.29) is 17.9 Å². The monoisotopic (exact) mass is 330 g/mol. The van der Waals surface area contributed by atoms with Gasteiger partial charge < -0.3 is 4.74 Å². The summed E-state index contributed by atoms with van der Waals surface area (Å²) in [7, 11) is 0. The summed E-state index contributed by atoms with van der Waals surface area (Å²) in [4.78, 5) is 12.7. The van der Waals surface area contributed by atoms with Crippen molar-refractivity contribution >= 4 is 17.4 Å². The number of para-hydroxylation sites is 1. The lowest BCUT2D eigenvalue weighted by molar-refractivity contribution is -0.146. The van der Waals surface area contributed by atoms with E-state index in [2.05, 4.69) is 39.8 Å². The van der Waals surface area contributed by atoms with Crippen LogP contribution in [0.2, 0.25) is 0 Å². The molecule has 0 saturated heterocycles. The number of esters is 1. The number of carbonyl (C=O) groups is 1. The molecule has 1 heterocycles. The smallest absolute Gasteiger partial charge is 0.316 e. The lowest BCUT2D eigenvalue weighted by atomic mass is 9.86. The first kappa shape index (κ1) is 18.5. The molecule has 0 N–H and O–H groups in total. The summed E-state index contributed by atoms with van der Waals surface area (Å²) in [6.45, 7) is 11.0. The Morgan fingerprint density at radius 3 is 2.38 bits per heavy atom. The van der Waals surface area contributed by atoms with E-state index in [9.17, 15) is 4.79 Å². The van der Waals surface area contributed by atoms with Gasteiger partial charge in [0.2, 0.25) is 0 Å². The fraction of sp³-hybridized carbons (Fsp3) is 0.600. The minimum absolute atomic E-state index is 0.0280. The van der Waals surface area contributed by atoms with E-state index in [0.717, 1.165) is 24.2 Å². The molecular formula is C20H30N2O2. The zero-order chi connectivity index (χ0) is 17.7. The third-order valence-corrected chi connectivity index (χ3v) is 4.19. The third-order valence-electron chi connectivity index (χ3n) is 4.19. The summed E-state index contributed by atoms with van der Waals surface area (Å²) in [5.74, 6) is 0.527. The summed E-state index contributed by atoms with van der Waals surface area (Å²) >= 11 is 0. The van der Waals surface area contributed by atoms with Crippen LogP contribution in [0.15, 0.2) is 35.4 Å². The highest BCUT2D eigenvalue weighted by atomic mass is 16.5. The molecule has 2 rings (SSSR count). The van der Waals surface area contributed by atoms with Crippen molar-refractivity contribution in [2.75, 3.05) is 11.6 Å². The number of ether oxygens (including phenoxy) is 1. The Labute approximate surface area is 145 Å². The molecule has 0 amide bonds. The highest BCUT2D eigenvalue weighted by molar-refractivity contribution is 6.05. The van der Waals surface area contributed by atoms with E-state index in [1.165, 1.54) is 0 Å². The Bertz CT molecular complexity index is 566. The van der Waals surface area contributed by atoms with E-state index >= 15 is 0 Å². The maximum Gasteiger partial charge on any atom is 0.316 e. The first-order chi connectivity index (χ1) is 11.4. The topological polar surface area (TPSA) is 41.9 Å². The molecule has 2 atom stereocenters. The molecule has 2 unspecified atom stereocenters. The minimum atomic E-state index is -0.269. The molecular weight excluding hydrogens is 300 g/mol. The number of benzene rings is 1. The molecule has 1 aromatic rings. The lowest BCUT2D eigenvalue weighted by Gasteiger charge is -2.28. The summed E-state index contributed by atoms with van der Waals surface area (Å²) in [5.41, 5.74) is 1.99. The van der Waals surface area contributed by atoms with Gasteiger partial charge in [-0.25, -0.2) is 0 Å². The standard InChI is InChI=1S/C20H30N2O2/c1-6-24-20(23)19-17(12-14(2)3)21-22(18(19)13-15(4)5)16-10-8-7-9-11-16/h7-11,14-15,18-19H,6,12-13H2,1-5H3. The van der Waals surface area contributed by atoms with Gasteiger partial charge in [0.1, 0.15) is 5.92 Å². The normalized spacial score (nSPS) is 20.6. The lowest BCUT2D eigenvalue weighted by Crippen LogP contribution is -2.40. The van der Waals surface area contributed by atoms with E-state index < -0.39 is 0 Å². The van der Waals surface area contributed by atoms with Crippen molar-refractivity contribution in [3.63, 3.8) is 0 Å². The molecule has 0 aliphatic carbocycles. The van der Waals surface area contributed by atoms with Crippen LogP contribution in [0.25, 0.3) is 0 Å². The molecule has 132 valence electrons. The predicted octanol–water partition coefficient (Wildman–Crippen LogP) is 4.50. The molecule has 0 spiro atoms. The molecule has 4 nitrogen and oxygen atoms in total. The average molecular weight is 330 g/mol. The second-order valence-corrected chi connectivity index (χ2v) is 7.30. The van der Waals surface area contributed by atoms with Crippen LogP contribution >= 0.6 is 0 Å². The Morgan fingerprint density at radius 2 is 1.83 bits per heavy atom. The maximum absolute atomic E-state index is 12.7. The summed E-state index contributed by atoms with van der Waals surface area (Å²) in [6, 6.07) is 10.2. The van der Waals surface area contributed by atoms with Gasteiger partial charge in [0.25, 0.3) is 0 Å². The van der Waals surface area contributed by atoms with Crippen LogP contribution in [0, 0.1) is 17.8 Å². The molecule has 0 bridgehead atoms. The number of rotatable bonds is 7. The minimum Gasteiger partial charge on any atom is -0.465 e. The number of carbonyl (C=O) groups excluding carboxylic acids is 1. The highest BCUT2D eigenvalue weighted by Gasteiger charge is 2.43. The molecule has 0 radical (unpaired) electrons. The quantitative estimate of drug-likeness (QED) is 0.691. The van der Waals surface area contributed by atoms with Crippen molar-refractivity contribution < 1.29 is 9.53 Å². The molecule has 0 aromatic heterocycles. The second-order valence-electron chi connectivity index (χ2n) is 7.30. The molecule has 24 heavy (non-hydrogen) atoms. The SMILES string of the molecule is CCOC(=O)C1C(CC(C)C)=NN(c2ccccc2)C1CC(C)C. The van der Waals surface area contributed by atoms with Crippen molar-refractivity contribution in [3.05, 3.63) is 30.3 Å². The van der Waals surface area contributed by atoms with Crippen LogP contribution in [0.1, 0.15) is 47.5 Å². The van der Waals surface area contributed by atoms with E-state index in [1.807, 2.05) is 30.1 Å². The molecule has 4 heteroatoms. The van der Waals surface area contributed by atoms with E-state index in [0.29, 0.717) is 18.4 Å². The van der Waals surface area contributed by atoms with Crippen molar-refractivity contribution in [1.82, 2.24) is 0 Å². The number of hydrogen-bond donors (Lipinski definition) is 0. The molecule has 1 aliphatic rings. The first-order valence-electron chi connectivity index (χ1n) is 9.02. The van der Waals surface area contributed by atoms with Crippen LogP contribution in [-0.4, -0.2) is 24.3 Å². The maximum atomic E-state index is 12.7. The number of hydrazone groups is 1. The Morgan fingerprint density at radius 1 is 1.17 bits per heavy atom. The summed E-state index contributed by atoms with van der Waals surface area (Å²) in [6.07, 6.45) is 1.73. The van der Waals surface area contributed by atoms with Gasteiger partial charge in [-0.2, -0.15) is 5.10 Å². The molecule has 0 saturated carbocycles. The largest absolute Gasteiger partial charge is 0.465 e. The second kappa shape index (κ2) is 8.32. The van der Waals surface area contributed by atoms with Gasteiger partial charge in [-0.05, 0) is 43.7 Å². The van der Waals surface area contributed by atoms with Crippen LogP contribution in [-0.2, 0) is 9.53 Å². The molecule has 1 aliphatic heterocycles.